The van der Waals surface area contributed by atoms with Gasteiger partial charge < -0.3 is 14.6 Å². The summed E-state index contributed by atoms with van der Waals surface area (Å²) in [5.74, 6) is 1.08. The highest BCUT2D eigenvalue weighted by Gasteiger charge is 2.14. The molecule has 3 aromatic rings. The van der Waals surface area contributed by atoms with E-state index in [1.165, 1.54) is 16.2 Å². The zero-order valence-electron chi connectivity index (χ0n) is 14.8. The Morgan fingerprint density at radius 1 is 1.27 bits per heavy atom. The second kappa shape index (κ2) is 8.14. The Balaban J connectivity index is 1.67. The van der Waals surface area contributed by atoms with Gasteiger partial charge >= 0.3 is 0 Å². The molecule has 0 bridgehead atoms. The summed E-state index contributed by atoms with van der Waals surface area (Å²) in [4.78, 5) is 33.3. The number of thiophene rings is 1. The van der Waals surface area contributed by atoms with Crippen molar-refractivity contribution in [3.8, 4) is 5.75 Å². The summed E-state index contributed by atoms with van der Waals surface area (Å²) >= 11 is 1.35. The number of ether oxygens (including phenoxy) is 1. The molecule has 0 saturated carbocycles. The summed E-state index contributed by atoms with van der Waals surface area (Å²) < 4.78 is 6.21. The number of benzene rings is 1. The Hall–Kier alpha value is -2.67. The lowest BCUT2D eigenvalue weighted by Gasteiger charge is -2.17. The van der Waals surface area contributed by atoms with Crippen LogP contribution < -0.4 is 10.3 Å². The van der Waals surface area contributed by atoms with Gasteiger partial charge in [0.15, 0.2) is 0 Å². The van der Waals surface area contributed by atoms with Crippen molar-refractivity contribution in [3.63, 3.8) is 0 Å². The van der Waals surface area contributed by atoms with Crippen molar-refractivity contribution in [1.29, 1.82) is 0 Å². The Kier molecular flexibility index (Phi) is 5.68. The van der Waals surface area contributed by atoms with E-state index in [-0.39, 0.29) is 18.0 Å². The van der Waals surface area contributed by atoms with Crippen LogP contribution in [0.5, 0.6) is 5.75 Å². The Morgan fingerprint density at radius 3 is 2.77 bits per heavy atom. The predicted molar refractivity (Wildman–Crippen MR) is 103 cm³/mol. The number of hydrogen-bond donors (Lipinski definition) is 1. The van der Waals surface area contributed by atoms with Crippen LogP contribution in [-0.2, 0) is 6.54 Å². The molecule has 0 saturated heterocycles. The first-order valence-corrected chi connectivity index (χ1v) is 9.41. The molecule has 136 valence electrons. The molecule has 0 aliphatic rings. The first-order valence-electron chi connectivity index (χ1n) is 8.53. The van der Waals surface area contributed by atoms with Crippen molar-refractivity contribution >= 4 is 27.5 Å². The fourth-order valence-corrected chi connectivity index (χ4v) is 3.27. The van der Waals surface area contributed by atoms with Gasteiger partial charge in [-0.1, -0.05) is 13.3 Å². The van der Waals surface area contributed by atoms with Gasteiger partial charge in [-0.25, -0.2) is 4.98 Å². The molecule has 1 amide bonds. The normalized spacial score (nSPS) is 10.8. The number of nitrogens with one attached hydrogen (secondary N) is 1. The second-order valence-electron chi connectivity index (χ2n) is 6.04. The number of unbranched alkanes of at least 4 members (excludes halogenated alkanes) is 1. The molecule has 1 aromatic carbocycles. The van der Waals surface area contributed by atoms with Crippen molar-refractivity contribution in [3.05, 3.63) is 57.5 Å². The van der Waals surface area contributed by atoms with Crippen LogP contribution >= 0.6 is 11.3 Å². The van der Waals surface area contributed by atoms with Crippen LogP contribution in [-0.4, -0.2) is 34.4 Å². The average molecular weight is 371 g/mol. The minimum Gasteiger partial charge on any atom is -0.494 e. The number of aromatic nitrogens is 2. The molecule has 3 rings (SSSR count). The first-order chi connectivity index (χ1) is 12.6. The highest BCUT2D eigenvalue weighted by atomic mass is 32.1. The van der Waals surface area contributed by atoms with Crippen molar-refractivity contribution in [2.45, 2.75) is 26.3 Å². The van der Waals surface area contributed by atoms with Crippen molar-refractivity contribution < 1.29 is 9.53 Å². The number of fused-ring (bicyclic) bond motifs is 1. The van der Waals surface area contributed by atoms with Crippen LogP contribution in [0.3, 0.4) is 0 Å². The molecule has 1 N–H and O–H groups in total. The summed E-state index contributed by atoms with van der Waals surface area (Å²) in [6.07, 6.45) is 2.08. The molecule has 0 aliphatic carbocycles. The van der Waals surface area contributed by atoms with Gasteiger partial charge in [0.2, 0.25) is 0 Å². The number of amides is 1. The van der Waals surface area contributed by atoms with Crippen LogP contribution in [0.25, 0.3) is 10.2 Å². The molecule has 0 atom stereocenters. The highest BCUT2D eigenvalue weighted by molar-refractivity contribution is 7.17. The molecule has 0 unspecified atom stereocenters. The lowest BCUT2D eigenvalue weighted by molar-refractivity contribution is 0.0781. The van der Waals surface area contributed by atoms with Gasteiger partial charge in [0.25, 0.3) is 11.5 Å². The number of carbonyl (C=O) groups is 1. The smallest absolute Gasteiger partial charge is 0.268 e. The van der Waals surface area contributed by atoms with Crippen LogP contribution in [0, 0.1) is 0 Å². The molecule has 0 aliphatic heterocycles. The molecule has 6 nitrogen and oxygen atoms in total. The van der Waals surface area contributed by atoms with E-state index >= 15 is 0 Å². The van der Waals surface area contributed by atoms with Crippen molar-refractivity contribution in [2.75, 3.05) is 13.7 Å². The van der Waals surface area contributed by atoms with E-state index in [1.807, 2.05) is 5.38 Å². The van der Waals surface area contributed by atoms with E-state index in [9.17, 15) is 9.59 Å². The molecule has 2 heterocycles. The van der Waals surface area contributed by atoms with Crippen LogP contribution in [0.15, 0.2) is 40.5 Å². The monoisotopic (exact) mass is 371 g/mol. The van der Waals surface area contributed by atoms with E-state index in [4.69, 9.17) is 4.74 Å². The fourth-order valence-electron chi connectivity index (χ4n) is 2.54. The summed E-state index contributed by atoms with van der Waals surface area (Å²) in [7, 11) is 1.69. The topological polar surface area (TPSA) is 75.3 Å². The molecule has 2 aromatic heterocycles. The Labute approximate surface area is 155 Å². The molecule has 26 heavy (non-hydrogen) atoms. The van der Waals surface area contributed by atoms with Crippen molar-refractivity contribution in [2.24, 2.45) is 0 Å². The number of carbonyl (C=O) groups excluding carboxylic acids is 1. The van der Waals surface area contributed by atoms with E-state index in [2.05, 4.69) is 16.9 Å². The lowest BCUT2D eigenvalue weighted by Crippen LogP contribution is -2.28. The van der Waals surface area contributed by atoms with Crippen LogP contribution in [0.1, 0.15) is 35.9 Å². The molecule has 0 fully saturated rings. The number of rotatable bonds is 7. The zero-order valence-corrected chi connectivity index (χ0v) is 15.6. The maximum Gasteiger partial charge on any atom is 0.268 e. The first kappa shape index (κ1) is 18.1. The Morgan fingerprint density at radius 2 is 2.04 bits per heavy atom. The van der Waals surface area contributed by atoms with Gasteiger partial charge in [-0.3, -0.25) is 9.59 Å². The number of aromatic amines is 1. The van der Waals surface area contributed by atoms with Gasteiger partial charge in [0.1, 0.15) is 16.3 Å². The standard InChI is InChI=1S/C19H21N3O3S/c1-3-4-10-25-14-7-5-13(6-8-14)19(24)22(2)12-16-20-15-9-11-26-17(15)18(23)21-16/h5-9,11H,3-4,10,12H2,1-2H3,(H,20,21,23). The van der Waals surface area contributed by atoms with Crippen LogP contribution in [0.4, 0.5) is 0 Å². The number of H-pyrrole nitrogens is 1. The van der Waals surface area contributed by atoms with Gasteiger partial charge in [-0.2, -0.15) is 0 Å². The molecular formula is C19H21N3O3S. The SMILES string of the molecule is CCCCOc1ccc(C(=O)N(C)Cc2nc3ccsc3c(=O)[nH]2)cc1. The average Bonchev–Trinajstić information content (AvgIpc) is 3.11. The second-order valence-corrected chi connectivity index (χ2v) is 6.95. The fraction of sp³-hybridized carbons (Fsp3) is 0.316. The summed E-state index contributed by atoms with van der Waals surface area (Å²) in [6, 6.07) is 8.90. The third-order valence-electron chi connectivity index (χ3n) is 3.97. The zero-order chi connectivity index (χ0) is 18.5. The molecule has 0 radical (unpaired) electrons. The highest BCUT2D eigenvalue weighted by Crippen LogP contribution is 2.16. The van der Waals surface area contributed by atoms with E-state index < -0.39 is 0 Å². The van der Waals surface area contributed by atoms with E-state index in [1.54, 1.807) is 37.4 Å². The Bertz CT molecular complexity index is 947. The molecule has 7 heteroatoms. The van der Waals surface area contributed by atoms with Crippen LogP contribution in [0.2, 0.25) is 0 Å². The summed E-state index contributed by atoms with van der Waals surface area (Å²) in [6.45, 7) is 3.02. The minimum absolute atomic E-state index is 0.141. The van der Waals surface area contributed by atoms with Gasteiger partial charge in [-0.05, 0) is 42.1 Å². The van der Waals surface area contributed by atoms with Crippen molar-refractivity contribution in [1.82, 2.24) is 14.9 Å². The molecular weight excluding hydrogens is 350 g/mol. The third kappa shape index (κ3) is 4.11. The summed E-state index contributed by atoms with van der Waals surface area (Å²) in [5.41, 5.74) is 1.05. The quantitative estimate of drug-likeness (QED) is 0.646. The third-order valence-corrected chi connectivity index (χ3v) is 4.87. The maximum atomic E-state index is 12.6. The summed E-state index contributed by atoms with van der Waals surface area (Å²) in [5, 5.41) is 1.83. The van der Waals surface area contributed by atoms with Gasteiger partial charge in [-0.15, -0.1) is 11.3 Å². The van der Waals surface area contributed by atoms with E-state index in [0.29, 0.717) is 28.2 Å². The maximum absolute atomic E-state index is 12.6. The molecule has 0 spiro atoms. The van der Waals surface area contributed by atoms with E-state index in [0.717, 1.165) is 18.6 Å². The number of nitrogens with zero attached hydrogens (tertiary/aromatic N) is 2. The largest absolute Gasteiger partial charge is 0.494 e. The van der Waals surface area contributed by atoms with Gasteiger partial charge in [0.05, 0.1) is 18.7 Å². The lowest BCUT2D eigenvalue weighted by atomic mass is 10.2. The predicted octanol–water partition coefficient (Wildman–Crippen LogP) is 3.44. The van der Waals surface area contributed by atoms with Gasteiger partial charge in [0, 0.05) is 12.6 Å². The number of hydrogen-bond acceptors (Lipinski definition) is 5. The minimum atomic E-state index is -0.172.